The van der Waals surface area contributed by atoms with Crippen LogP contribution in [0.2, 0.25) is 0 Å². The highest BCUT2D eigenvalue weighted by Crippen LogP contribution is 2.66. The van der Waals surface area contributed by atoms with Gasteiger partial charge in [-0.3, -0.25) is 0 Å². The number of ether oxygens (including phenoxy) is 2. The summed E-state index contributed by atoms with van der Waals surface area (Å²) in [5.74, 6) is 4.26. The Kier molecular flexibility index (Phi) is 2.97. The lowest BCUT2D eigenvalue weighted by Crippen LogP contribution is -2.39. The first-order valence-corrected chi connectivity index (χ1v) is 8.12. The van der Waals surface area contributed by atoms with Crippen molar-refractivity contribution in [2.45, 2.75) is 37.7 Å². The van der Waals surface area contributed by atoms with Crippen LogP contribution in [0.1, 0.15) is 37.7 Å². The molecule has 3 saturated carbocycles. The minimum Gasteiger partial charge on any atom is -0.497 e. The largest absolute Gasteiger partial charge is 0.497 e. The van der Waals surface area contributed by atoms with Gasteiger partial charge in [-0.25, -0.2) is 0 Å². The van der Waals surface area contributed by atoms with E-state index >= 15 is 0 Å². The summed E-state index contributed by atoms with van der Waals surface area (Å²) in [7, 11) is 3.33. The standard InChI is InChI=1S/C18H24O3/c1-20-12-6-7-15(17(9-12)21-2)18(19)10-11-8-16(18)14-5-3-4-13(11)14/h6-7,9,11,13-14,16,19H,3-5,8,10H2,1-2H3. The zero-order valence-corrected chi connectivity index (χ0v) is 12.8. The lowest BCUT2D eigenvalue weighted by molar-refractivity contribution is -0.0527. The minimum absolute atomic E-state index is 0.414. The van der Waals surface area contributed by atoms with Crippen LogP contribution in [0.25, 0.3) is 0 Å². The summed E-state index contributed by atoms with van der Waals surface area (Å²) in [6.07, 6.45) is 6.12. The summed E-state index contributed by atoms with van der Waals surface area (Å²) in [4.78, 5) is 0. The molecule has 114 valence electrons. The highest BCUT2D eigenvalue weighted by atomic mass is 16.5. The van der Waals surface area contributed by atoms with Crippen LogP contribution < -0.4 is 9.47 Å². The van der Waals surface area contributed by atoms with Gasteiger partial charge in [0.15, 0.2) is 0 Å². The molecule has 1 N–H and O–H groups in total. The van der Waals surface area contributed by atoms with Gasteiger partial charge in [0, 0.05) is 11.6 Å². The number of rotatable bonds is 3. The monoisotopic (exact) mass is 288 g/mol. The van der Waals surface area contributed by atoms with Gasteiger partial charge >= 0.3 is 0 Å². The second-order valence-corrected chi connectivity index (χ2v) is 7.06. The van der Waals surface area contributed by atoms with E-state index in [9.17, 15) is 5.11 Å². The fraction of sp³-hybridized carbons (Fsp3) is 0.667. The van der Waals surface area contributed by atoms with E-state index in [0.29, 0.717) is 11.8 Å². The SMILES string of the molecule is COc1ccc(C2(O)CC3CC2C2CCCC32)c(OC)c1. The van der Waals surface area contributed by atoms with E-state index in [0.717, 1.165) is 35.3 Å². The first-order valence-electron chi connectivity index (χ1n) is 8.12. The van der Waals surface area contributed by atoms with Gasteiger partial charge in [-0.15, -0.1) is 0 Å². The van der Waals surface area contributed by atoms with Crippen molar-refractivity contribution < 1.29 is 14.6 Å². The van der Waals surface area contributed by atoms with Crippen molar-refractivity contribution in [2.24, 2.45) is 23.7 Å². The molecule has 3 heteroatoms. The molecule has 3 fully saturated rings. The maximum Gasteiger partial charge on any atom is 0.128 e. The Morgan fingerprint density at radius 1 is 1.14 bits per heavy atom. The molecular formula is C18H24O3. The Hall–Kier alpha value is -1.22. The van der Waals surface area contributed by atoms with E-state index in [2.05, 4.69) is 0 Å². The number of hydrogen-bond donors (Lipinski definition) is 1. The van der Waals surface area contributed by atoms with Gasteiger partial charge < -0.3 is 14.6 Å². The van der Waals surface area contributed by atoms with Crippen LogP contribution in [0.4, 0.5) is 0 Å². The van der Waals surface area contributed by atoms with Crippen LogP contribution in [0.5, 0.6) is 11.5 Å². The van der Waals surface area contributed by atoms with Crippen molar-refractivity contribution in [1.82, 2.24) is 0 Å². The molecule has 0 aromatic heterocycles. The average molecular weight is 288 g/mol. The third-order valence-electron chi connectivity index (χ3n) is 6.37. The number of aliphatic hydroxyl groups is 1. The van der Waals surface area contributed by atoms with Crippen LogP contribution in [0.3, 0.4) is 0 Å². The fourth-order valence-electron chi connectivity index (χ4n) is 5.58. The maximum absolute atomic E-state index is 11.5. The van der Waals surface area contributed by atoms with Gasteiger partial charge in [0.25, 0.3) is 0 Å². The lowest BCUT2D eigenvalue weighted by atomic mass is 9.70. The second-order valence-electron chi connectivity index (χ2n) is 7.06. The molecular weight excluding hydrogens is 264 g/mol. The topological polar surface area (TPSA) is 38.7 Å². The predicted molar refractivity (Wildman–Crippen MR) is 80.5 cm³/mol. The van der Waals surface area contributed by atoms with Gasteiger partial charge in [0.1, 0.15) is 11.5 Å². The Bertz CT molecular complexity index is 555. The van der Waals surface area contributed by atoms with Crippen molar-refractivity contribution >= 4 is 0 Å². The Morgan fingerprint density at radius 2 is 1.95 bits per heavy atom. The van der Waals surface area contributed by atoms with Gasteiger partial charge in [0.05, 0.1) is 19.8 Å². The molecule has 3 aliphatic carbocycles. The zero-order valence-electron chi connectivity index (χ0n) is 12.8. The van der Waals surface area contributed by atoms with Gasteiger partial charge in [-0.2, -0.15) is 0 Å². The van der Waals surface area contributed by atoms with E-state index in [-0.39, 0.29) is 0 Å². The summed E-state index contributed by atoms with van der Waals surface area (Å²) in [6, 6.07) is 5.84. The van der Waals surface area contributed by atoms with E-state index in [1.54, 1.807) is 14.2 Å². The zero-order chi connectivity index (χ0) is 14.6. The second kappa shape index (κ2) is 4.64. The summed E-state index contributed by atoms with van der Waals surface area (Å²) in [6.45, 7) is 0. The minimum atomic E-state index is -0.701. The Labute approximate surface area is 126 Å². The van der Waals surface area contributed by atoms with Crippen LogP contribution >= 0.6 is 0 Å². The van der Waals surface area contributed by atoms with E-state index in [1.807, 2.05) is 18.2 Å². The molecule has 0 heterocycles. The molecule has 1 aromatic rings. The molecule has 2 bridgehead atoms. The van der Waals surface area contributed by atoms with E-state index in [1.165, 1.54) is 25.7 Å². The van der Waals surface area contributed by atoms with Crippen LogP contribution in [-0.2, 0) is 5.60 Å². The van der Waals surface area contributed by atoms with Crippen LogP contribution in [0.15, 0.2) is 18.2 Å². The Balaban J connectivity index is 1.73. The van der Waals surface area contributed by atoms with E-state index < -0.39 is 5.60 Å². The smallest absolute Gasteiger partial charge is 0.128 e. The van der Waals surface area contributed by atoms with Crippen molar-refractivity contribution in [3.05, 3.63) is 23.8 Å². The molecule has 3 nitrogen and oxygen atoms in total. The molecule has 4 rings (SSSR count). The number of hydrogen-bond acceptors (Lipinski definition) is 3. The normalized spacial score (nSPS) is 40.3. The van der Waals surface area contributed by atoms with Crippen LogP contribution in [-0.4, -0.2) is 19.3 Å². The summed E-state index contributed by atoms with van der Waals surface area (Å²) < 4.78 is 10.8. The molecule has 1 aromatic carbocycles. The lowest BCUT2D eigenvalue weighted by Gasteiger charge is -2.40. The molecule has 0 radical (unpaired) electrons. The molecule has 5 unspecified atom stereocenters. The average Bonchev–Trinajstić information content (AvgIpc) is 3.18. The van der Waals surface area contributed by atoms with Gasteiger partial charge in [-0.1, -0.05) is 6.42 Å². The van der Waals surface area contributed by atoms with Gasteiger partial charge in [0.2, 0.25) is 0 Å². The quantitative estimate of drug-likeness (QED) is 0.927. The molecule has 21 heavy (non-hydrogen) atoms. The number of benzene rings is 1. The molecule has 0 amide bonds. The van der Waals surface area contributed by atoms with Crippen molar-refractivity contribution in [1.29, 1.82) is 0 Å². The highest BCUT2D eigenvalue weighted by Gasteiger charge is 2.61. The molecule has 0 saturated heterocycles. The van der Waals surface area contributed by atoms with Crippen LogP contribution in [0, 0.1) is 23.7 Å². The molecule has 0 spiro atoms. The predicted octanol–water partition coefficient (Wildman–Crippen LogP) is 3.35. The third kappa shape index (κ3) is 1.76. The van der Waals surface area contributed by atoms with Gasteiger partial charge in [-0.05, 0) is 61.5 Å². The first-order chi connectivity index (χ1) is 10.2. The molecule has 3 aliphatic rings. The van der Waals surface area contributed by atoms with Crippen molar-refractivity contribution in [3.63, 3.8) is 0 Å². The first kappa shape index (κ1) is 13.4. The Morgan fingerprint density at radius 3 is 2.71 bits per heavy atom. The third-order valence-corrected chi connectivity index (χ3v) is 6.37. The maximum atomic E-state index is 11.5. The number of methoxy groups -OCH3 is 2. The fourth-order valence-corrected chi connectivity index (χ4v) is 5.58. The summed E-state index contributed by atoms with van der Waals surface area (Å²) in [5.41, 5.74) is 0.261. The summed E-state index contributed by atoms with van der Waals surface area (Å²) >= 11 is 0. The van der Waals surface area contributed by atoms with Crippen molar-refractivity contribution in [2.75, 3.05) is 14.2 Å². The molecule has 0 aliphatic heterocycles. The highest BCUT2D eigenvalue weighted by molar-refractivity contribution is 5.45. The number of fused-ring (bicyclic) bond motifs is 5. The summed E-state index contributed by atoms with van der Waals surface area (Å²) in [5, 5.41) is 11.5. The van der Waals surface area contributed by atoms with E-state index in [4.69, 9.17) is 9.47 Å². The molecule has 5 atom stereocenters. The van der Waals surface area contributed by atoms with Crippen molar-refractivity contribution in [3.8, 4) is 11.5 Å².